The molecule has 0 aliphatic rings. The number of benzene rings is 2. The average molecular weight is 397 g/mol. The van der Waals surface area contributed by atoms with Crippen molar-refractivity contribution in [2.24, 2.45) is 0 Å². The van der Waals surface area contributed by atoms with Crippen molar-refractivity contribution < 1.29 is 19.1 Å². The van der Waals surface area contributed by atoms with Crippen LogP contribution in [0.2, 0.25) is 0 Å². The van der Waals surface area contributed by atoms with Gasteiger partial charge in [0.1, 0.15) is 22.4 Å². The van der Waals surface area contributed by atoms with E-state index in [4.69, 9.17) is 9.47 Å². The molecule has 0 aliphatic carbocycles. The van der Waals surface area contributed by atoms with Crippen molar-refractivity contribution in [3.63, 3.8) is 0 Å². The average Bonchev–Trinajstić information content (AvgIpc) is 3.23. The van der Waals surface area contributed by atoms with Gasteiger partial charge in [-0.3, -0.25) is 4.79 Å². The van der Waals surface area contributed by atoms with E-state index in [0.717, 1.165) is 22.7 Å². The standard InChI is InChI=1S/C20H19N3O4S/c1-26-15-10-8-14(9-11-15)17-18(28-23-22-17)19(24)21-16(20(25)27-2)12-13-6-4-3-5-7-13/h3-11,16H,12H2,1-2H3,(H,21,24)/t16-/m0/s1. The summed E-state index contributed by atoms with van der Waals surface area (Å²) < 4.78 is 13.9. The van der Waals surface area contributed by atoms with Crippen molar-refractivity contribution in [1.82, 2.24) is 14.9 Å². The van der Waals surface area contributed by atoms with E-state index in [0.29, 0.717) is 22.7 Å². The Bertz CT molecular complexity index is 942. The predicted molar refractivity (Wildman–Crippen MR) is 105 cm³/mol. The number of esters is 1. The van der Waals surface area contributed by atoms with Crippen LogP contribution >= 0.6 is 11.5 Å². The monoisotopic (exact) mass is 397 g/mol. The van der Waals surface area contributed by atoms with Gasteiger partial charge in [-0.25, -0.2) is 4.79 Å². The van der Waals surface area contributed by atoms with Crippen LogP contribution in [-0.2, 0) is 16.0 Å². The molecule has 0 bridgehead atoms. The summed E-state index contributed by atoms with van der Waals surface area (Å²) in [6.07, 6.45) is 0.323. The number of hydrogen-bond donors (Lipinski definition) is 1. The largest absolute Gasteiger partial charge is 0.497 e. The number of methoxy groups -OCH3 is 2. The molecule has 0 saturated heterocycles. The topological polar surface area (TPSA) is 90.4 Å². The summed E-state index contributed by atoms with van der Waals surface area (Å²) in [5.74, 6) is -0.237. The minimum Gasteiger partial charge on any atom is -0.497 e. The Hall–Kier alpha value is -3.26. The molecule has 1 N–H and O–H groups in total. The molecule has 0 saturated carbocycles. The molecule has 1 atom stereocenters. The molecule has 0 fully saturated rings. The molecular formula is C20H19N3O4S. The molecule has 144 valence electrons. The van der Waals surface area contributed by atoms with Crippen molar-refractivity contribution in [3.05, 3.63) is 65.0 Å². The number of aromatic nitrogens is 2. The Morgan fingerprint density at radius 3 is 2.43 bits per heavy atom. The number of hydrogen-bond acceptors (Lipinski definition) is 7. The highest BCUT2D eigenvalue weighted by Gasteiger charge is 2.26. The van der Waals surface area contributed by atoms with Gasteiger partial charge in [0.2, 0.25) is 0 Å². The Kier molecular flexibility index (Phi) is 6.33. The summed E-state index contributed by atoms with van der Waals surface area (Å²) in [6.45, 7) is 0. The summed E-state index contributed by atoms with van der Waals surface area (Å²) >= 11 is 0.974. The molecule has 7 nitrogen and oxygen atoms in total. The molecular weight excluding hydrogens is 378 g/mol. The maximum absolute atomic E-state index is 12.8. The van der Waals surface area contributed by atoms with Gasteiger partial charge in [0.05, 0.1) is 14.2 Å². The summed E-state index contributed by atoms with van der Waals surface area (Å²) in [6, 6.07) is 15.8. The fourth-order valence-electron chi connectivity index (χ4n) is 2.69. The number of carbonyl (C=O) groups is 2. The minimum atomic E-state index is -0.814. The Morgan fingerprint density at radius 1 is 1.07 bits per heavy atom. The van der Waals surface area contributed by atoms with Crippen LogP contribution in [0.25, 0.3) is 11.3 Å². The van der Waals surface area contributed by atoms with Crippen LogP contribution < -0.4 is 10.1 Å². The zero-order chi connectivity index (χ0) is 19.9. The van der Waals surface area contributed by atoms with Crippen LogP contribution in [0.15, 0.2) is 54.6 Å². The fraction of sp³-hybridized carbons (Fsp3) is 0.200. The van der Waals surface area contributed by atoms with E-state index in [1.807, 2.05) is 30.3 Å². The van der Waals surface area contributed by atoms with Gasteiger partial charge in [0, 0.05) is 12.0 Å². The second-order valence-corrected chi connectivity index (χ2v) is 6.67. The van der Waals surface area contributed by atoms with Crippen molar-refractivity contribution in [1.29, 1.82) is 0 Å². The first kappa shape index (κ1) is 19.5. The normalized spacial score (nSPS) is 11.5. The van der Waals surface area contributed by atoms with Crippen LogP contribution in [0.5, 0.6) is 5.75 Å². The number of nitrogens with one attached hydrogen (secondary N) is 1. The zero-order valence-corrected chi connectivity index (χ0v) is 16.2. The van der Waals surface area contributed by atoms with Crippen LogP contribution in [0.3, 0.4) is 0 Å². The minimum absolute atomic E-state index is 0.323. The molecule has 0 spiro atoms. The molecule has 1 amide bonds. The zero-order valence-electron chi connectivity index (χ0n) is 15.4. The molecule has 0 aliphatic heterocycles. The highest BCUT2D eigenvalue weighted by molar-refractivity contribution is 7.08. The van der Waals surface area contributed by atoms with E-state index in [9.17, 15) is 9.59 Å². The van der Waals surface area contributed by atoms with Crippen molar-refractivity contribution >= 4 is 23.4 Å². The van der Waals surface area contributed by atoms with Gasteiger partial charge in [-0.1, -0.05) is 34.8 Å². The molecule has 3 aromatic rings. The van der Waals surface area contributed by atoms with Crippen molar-refractivity contribution in [2.75, 3.05) is 14.2 Å². The van der Waals surface area contributed by atoms with Gasteiger partial charge in [-0.15, -0.1) is 5.10 Å². The van der Waals surface area contributed by atoms with E-state index < -0.39 is 17.9 Å². The molecule has 1 aromatic heterocycles. The number of nitrogens with zero attached hydrogens (tertiary/aromatic N) is 2. The third-order valence-corrected chi connectivity index (χ3v) is 4.86. The third-order valence-electron chi connectivity index (χ3n) is 4.13. The molecule has 2 aromatic carbocycles. The van der Waals surface area contributed by atoms with Gasteiger partial charge in [-0.05, 0) is 41.4 Å². The summed E-state index contributed by atoms with van der Waals surface area (Å²) in [4.78, 5) is 25.3. The highest BCUT2D eigenvalue weighted by atomic mass is 32.1. The van der Waals surface area contributed by atoms with Gasteiger partial charge in [-0.2, -0.15) is 0 Å². The maximum atomic E-state index is 12.8. The van der Waals surface area contributed by atoms with E-state index >= 15 is 0 Å². The first-order valence-corrected chi connectivity index (χ1v) is 9.29. The SMILES string of the molecule is COC(=O)[C@H](Cc1ccccc1)NC(=O)c1snnc1-c1ccc(OC)cc1. The highest BCUT2D eigenvalue weighted by Crippen LogP contribution is 2.26. The summed E-state index contributed by atoms with van der Waals surface area (Å²) in [7, 11) is 2.88. The Balaban J connectivity index is 1.80. The number of rotatable bonds is 7. The van der Waals surface area contributed by atoms with E-state index in [1.54, 1.807) is 31.4 Å². The van der Waals surface area contributed by atoms with E-state index in [-0.39, 0.29) is 0 Å². The smallest absolute Gasteiger partial charge is 0.328 e. The molecule has 1 heterocycles. The van der Waals surface area contributed by atoms with Crippen molar-refractivity contribution in [2.45, 2.75) is 12.5 Å². The van der Waals surface area contributed by atoms with Crippen LogP contribution in [-0.4, -0.2) is 41.7 Å². The second-order valence-electron chi connectivity index (χ2n) is 5.92. The van der Waals surface area contributed by atoms with Crippen LogP contribution in [0, 0.1) is 0 Å². The fourth-order valence-corrected chi connectivity index (χ4v) is 3.28. The second kappa shape index (κ2) is 9.09. The number of carbonyl (C=O) groups excluding carboxylic acids is 2. The molecule has 8 heteroatoms. The summed E-state index contributed by atoms with van der Waals surface area (Å²) in [5, 5.41) is 6.81. The molecule has 28 heavy (non-hydrogen) atoms. The lowest BCUT2D eigenvalue weighted by molar-refractivity contribution is -0.142. The Labute approximate surface area is 166 Å². The lowest BCUT2D eigenvalue weighted by Gasteiger charge is -2.16. The first-order valence-electron chi connectivity index (χ1n) is 8.51. The number of amides is 1. The molecule has 0 radical (unpaired) electrons. The van der Waals surface area contributed by atoms with Crippen LogP contribution in [0.4, 0.5) is 0 Å². The van der Waals surface area contributed by atoms with Crippen LogP contribution in [0.1, 0.15) is 15.2 Å². The van der Waals surface area contributed by atoms with Crippen molar-refractivity contribution in [3.8, 4) is 17.0 Å². The Morgan fingerprint density at radius 2 is 1.79 bits per heavy atom. The maximum Gasteiger partial charge on any atom is 0.328 e. The predicted octanol–water partition coefficient (Wildman–Crippen LogP) is 2.73. The van der Waals surface area contributed by atoms with Gasteiger partial charge < -0.3 is 14.8 Å². The lowest BCUT2D eigenvalue weighted by Crippen LogP contribution is -2.43. The van der Waals surface area contributed by atoms with E-state index in [1.165, 1.54) is 7.11 Å². The lowest BCUT2D eigenvalue weighted by atomic mass is 10.1. The third kappa shape index (κ3) is 4.52. The van der Waals surface area contributed by atoms with Gasteiger partial charge >= 0.3 is 5.97 Å². The number of ether oxygens (including phenoxy) is 2. The van der Waals surface area contributed by atoms with Gasteiger partial charge in [0.25, 0.3) is 5.91 Å². The van der Waals surface area contributed by atoms with Gasteiger partial charge in [0.15, 0.2) is 0 Å². The molecule has 0 unspecified atom stereocenters. The first-order chi connectivity index (χ1) is 13.6. The van der Waals surface area contributed by atoms with E-state index in [2.05, 4.69) is 14.9 Å². The molecule has 3 rings (SSSR count). The quantitative estimate of drug-likeness (QED) is 0.617. The summed E-state index contributed by atoms with van der Waals surface area (Å²) in [5.41, 5.74) is 2.10.